The van der Waals surface area contributed by atoms with Crippen molar-refractivity contribution in [3.8, 4) is 0 Å². The first-order chi connectivity index (χ1) is 8.11. The third-order valence-electron chi connectivity index (χ3n) is 2.15. The monoisotopic (exact) mass is 256 g/mol. The zero-order valence-electron chi connectivity index (χ0n) is 9.73. The summed E-state index contributed by atoms with van der Waals surface area (Å²) in [5.74, 6) is -0.877. The zero-order valence-corrected chi connectivity index (χ0v) is 10.5. The topological polar surface area (TPSA) is 79.3 Å². The maximum absolute atomic E-state index is 11.4. The molecule has 1 amide bonds. The van der Waals surface area contributed by atoms with Crippen LogP contribution < -0.4 is 5.32 Å². The molecule has 0 aliphatic heterocycles. The number of carboxylic acids is 1. The number of thiazole rings is 1. The van der Waals surface area contributed by atoms with Crippen LogP contribution in [-0.2, 0) is 16.0 Å². The van der Waals surface area contributed by atoms with Crippen LogP contribution in [0.3, 0.4) is 0 Å². The molecule has 94 valence electrons. The molecule has 17 heavy (non-hydrogen) atoms. The summed E-state index contributed by atoms with van der Waals surface area (Å²) in [7, 11) is 0. The first-order valence-corrected chi connectivity index (χ1v) is 6.45. The molecule has 0 aromatic carbocycles. The Morgan fingerprint density at radius 2 is 2.24 bits per heavy atom. The van der Waals surface area contributed by atoms with E-state index in [-0.39, 0.29) is 12.3 Å². The van der Waals surface area contributed by atoms with Crippen molar-refractivity contribution >= 4 is 28.3 Å². The summed E-state index contributed by atoms with van der Waals surface area (Å²) in [6.07, 6.45) is 2.81. The number of aryl methyl sites for hydroxylation is 1. The second kappa shape index (κ2) is 7.01. The number of carbonyl (C=O) groups excluding carboxylic acids is 1. The highest BCUT2D eigenvalue weighted by atomic mass is 32.1. The third kappa shape index (κ3) is 5.44. The molecule has 1 heterocycles. The smallest absolute Gasteiger partial charge is 0.303 e. The Morgan fingerprint density at radius 3 is 2.88 bits per heavy atom. The van der Waals surface area contributed by atoms with Crippen LogP contribution in [-0.4, -0.2) is 22.0 Å². The summed E-state index contributed by atoms with van der Waals surface area (Å²) in [5.41, 5.74) is 0.711. The predicted molar refractivity (Wildman–Crippen MR) is 66.2 cm³/mol. The summed E-state index contributed by atoms with van der Waals surface area (Å²) in [4.78, 5) is 25.9. The molecule has 5 nitrogen and oxygen atoms in total. The van der Waals surface area contributed by atoms with E-state index in [1.165, 1.54) is 11.3 Å². The number of nitrogens with zero attached hydrogens (tertiary/aromatic N) is 1. The van der Waals surface area contributed by atoms with Gasteiger partial charge in [0.1, 0.15) is 0 Å². The molecule has 1 rings (SSSR count). The predicted octanol–water partition coefficient (Wildman–Crippen LogP) is 2.29. The second-order valence-electron chi connectivity index (χ2n) is 3.69. The van der Waals surface area contributed by atoms with Gasteiger partial charge >= 0.3 is 5.97 Å². The summed E-state index contributed by atoms with van der Waals surface area (Å²) >= 11 is 1.33. The van der Waals surface area contributed by atoms with E-state index in [1.54, 1.807) is 5.38 Å². The van der Waals surface area contributed by atoms with E-state index in [9.17, 15) is 9.59 Å². The van der Waals surface area contributed by atoms with E-state index >= 15 is 0 Å². The van der Waals surface area contributed by atoms with Crippen molar-refractivity contribution in [3.05, 3.63) is 11.1 Å². The molecular weight excluding hydrogens is 240 g/mol. The largest absolute Gasteiger partial charge is 0.481 e. The summed E-state index contributed by atoms with van der Waals surface area (Å²) < 4.78 is 0. The standard InChI is InChI=1S/C11H16N2O3S/c1-2-3-4-9(14)13-11-12-8(7-17-11)5-6-10(15)16/h7H,2-6H2,1H3,(H,15,16)(H,12,13,14). The number of aliphatic carboxylic acids is 1. The number of hydrogen-bond acceptors (Lipinski definition) is 4. The van der Waals surface area contributed by atoms with Gasteiger partial charge in [-0.05, 0) is 6.42 Å². The lowest BCUT2D eigenvalue weighted by Gasteiger charge is -1.99. The van der Waals surface area contributed by atoms with Gasteiger partial charge in [0.05, 0.1) is 12.1 Å². The van der Waals surface area contributed by atoms with Gasteiger partial charge in [0.15, 0.2) is 5.13 Å². The van der Waals surface area contributed by atoms with Crippen molar-refractivity contribution in [3.63, 3.8) is 0 Å². The van der Waals surface area contributed by atoms with Crippen LogP contribution in [0.25, 0.3) is 0 Å². The lowest BCUT2D eigenvalue weighted by atomic mass is 10.2. The molecule has 0 saturated heterocycles. The lowest BCUT2D eigenvalue weighted by molar-refractivity contribution is -0.137. The average molecular weight is 256 g/mol. The Bertz CT molecular complexity index is 390. The molecule has 6 heteroatoms. The van der Waals surface area contributed by atoms with E-state index in [4.69, 9.17) is 5.11 Å². The van der Waals surface area contributed by atoms with Crippen LogP contribution in [0, 0.1) is 0 Å². The van der Waals surface area contributed by atoms with Crippen LogP contribution >= 0.6 is 11.3 Å². The number of carboxylic acid groups (broad SMARTS) is 1. The summed E-state index contributed by atoms with van der Waals surface area (Å²) in [6.45, 7) is 2.03. The minimum atomic E-state index is -0.841. The molecule has 0 fully saturated rings. The van der Waals surface area contributed by atoms with Gasteiger partial charge < -0.3 is 10.4 Å². The number of aromatic nitrogens is 1. The first-order valence-electron chi connectivity index (χ1n) is 5.58. The Balaban J connectivity index is 2.39. The maximum atomic E-state index is 11.4. The average Bonchev–Trinajstić information content (AvgIpc) is 2.71. The molecule has 0 spiro atoms. The van der Waals surface area contributed by atoms with Gasteiger partial charge in [0.2, 0.25) is 5.91 Å². The van der Waals surface area contributed by atoms with Crippen molar-refractivity contribution in [1.29, 1.82) is 0 Å². The quantitative estimate of drug-likeness (QED) is 0.784. The fourth-order valence-corrected chi connectivity index (χ4v) is 1.99. The summed E-state index contributed by atoms with van der Waals surface area (Å²) in [6, 6.07) is 0. The third-order valence-corrected chi connectivity index (χ3v) is 2.96. The molecule has 1 aromatic rings. The van der Waals surface area contributed by atoms with E-state index in [1.807, 2.05) is 6.92 Å². The lowest BCUT2D eigenvalue weighted by Crippen LogP contribution is -2.10. The Kier molecular flexibility index (Phi) is 5.62. The van der Waals surface area contributed by atoms with Crippen molar-refractivity contribution < 1.29 is 14.7 Å². The van der Waals surface area contributed by atoms with Crippen molar-refractivity contribution in [1.82, 2.24) is 4.98 Å². The molecule has 2 N–H and O–H groups in total. The maximum Gasteiger partial charge on any atom is 0.303 e. The van der Waals surface area contributed by atoms with Crippen LogP contribution in [0.4, 0.5) is 5.13 Å². The van der Waals surface area contributed by atoms with Gasteiger partial charge in [-0.15, -0.1) is 11.3 Å². The molecule has 0 bridgehead atoms. The highest BCUT2D eigenvalue weighted by molar-refractivity contribution is 7.13. The van der Waals surface area contributed by atoms with E-state index in [0.717, 1.165) is 12.8 Å². The normalized spacial score (nSPS) is 10.2. The van der Waals surface area contributed by atoms with Crippen molar-refractivity contribution in [2.75, 3.05) is 5.32 Å². The van der Waals surface area contributed by atoms with Crippen LogP contribution in [0.1, 0.15) is 38.3 Å². The van der Waals surface area contributed by atoms with Gasteiger partial charge in [-0.2, -0.15) is 0 Å². The first kappa shape index (κ1) is 13.6. The van der Waals surface area contributed by atoms with Crippen LogP contribution in [0.5, 0.6) is 0 Å². The molecule has 0 atom stereocenters. The van der Waals surface area contributed by atoms with Gasteiger partial charge in [-0.3, -0.25) is 9.59 Å². The number of unbranched alkanes of at least 4 members (excludes halogenated alkanes) is 1. The molecule has 1 aromatic heterocycles. The van der Waals surface area contributed by atoms with Gasteiger partial charge in [-0.1, -0.05) is 13.3 Å². The SMILES string of the molecule is CCCCC(=O)Nc1nc(CCC(=O)O)cs1. The van der Waals surface area contributed by atoms with Crippen molar-refractivity contribution in [2.45, 2.75) is 39.0 Å². The minimum absolute atomic E-state index is 0.0361. The fourth-order valence-electron chi connectivity index (χ4n) is 1.23. The number of rotatable bonds is 7. The minimum Gasteiger partial charge on any atom is -0.481 e. The Morgan fingerprint density at radius 1 is 1.47 bits per heavy atom. The van der Waals surface area contributed by atoms with E-state index in [2.05, 4.69) is 10.3 Å². The summed E-state index contributed by atoms with van der Waals surface area (Å²) in [5, 5.41) is 13.6. The second-order valence-corrected chi connectivity index (χ2v) is 4.55. The van der Waals surface area contributed by atoms with Crippen LogP contribution in [0.2, 0.25) is 0 Å². The molecule has 0 saturated carbocycles. The molecular formula is C11H16N2O3S. The zero-order chi connectivity index (χ0) is 12.7. The number of amides is 1. The van der Waals surface area contributed by atoms with Gasteiger partial charge in [-0.25, -0.2) is 4.98 Å². The Hall–Kier alpha value is -1.43. The molecule has 0 aliphatic carbocycles. The molecule has 0 aliphatic rings. The Labute approximate surface area is 104 Å². The highest BCUT2D eigenvalue weighted by Gasteiger charge is 2.07. The number of anilines is 1. The van der Waals surface area contributed by atoms with E-state index in [0.29, 0.717) is 23.7 Å². The number of carbonyl (C=O) groups is 2. The molecule has 0 radical (unpaired) electrons. The fraction of sp³-hybridized carbons (Fsp3) is 0.545. The number of hydrogen-bond donors (Lipinski definition) is 2. The van der Waals surface area contributed by atoms with E-state index < -0.39 is 5.97 Å². The van der Waals surface area contributed by atoms with Gasteiger partial charge in [0.25, 0.3) is 0 Å². The highest BCUT2D eigenvalue weighted by Crippen LogP contribution is 2.17. The van der Waals surface area contributed by atoms with Gasteiger partial charge in [0, 0.05) is 18.2 Å². The molecule has 0 unspecified atom stereocenters. The van der Waals surface area contributed by atoms with Crippen molar-refractivity contribution in [2.24, 2.45) is 0 Å². The van der Waals surface area contributed by atoms with Crippen LogP contribution in [0.15, 0.2) is 5.38 Å². The number of nitrogens with one attached hydrogen (secondary N) is 1.